The van der Waals surface area contributed by atoms with E-state index in [2.05, 4.69) is 10.6 Å². The molecule has 0 aliphatic carbocycles. The Hall–Kier alpha value is -3.10. The highest BCUT2D eigenvalue weighted by atomic mass is 35.5. The third-order valence-corrected chi connectivity index (χ3v) is 6.65. The number of aryl methyl sites for hydroxylation is 3. The van der Waals surface area contributed by atoms with Crippen molar-refractivity contribution in [2.45, 2.75) is 85.4 Å². The first-order valence-electron chi connectivity index (χ1n) is 13.3. The third kappa shape index (κ3) is 9.25. The van der Waals surface area contributed by atoms with Crippen LogP contribution in [0.1, 0.15) is 75.3 Å². The molecule has 3 N–H and O–H groups in total. The number of nitrogens with zero attached hydrogens (tertiary/aromatic N) is 1. The Morgan fingerprint density at radius 2 is 1.72 bits per heavy atom. The first-order chi connectivity index (χ1) is 18.3. The Morgan fingerprint density at radius 1 is 1.03 bits per heavy atom. The molecule has 0 aliphatic heterocycles. The van der Waals surface area contributed by atoms with Crippen LogP contribution >= 0.6 is 11.6 Å². The van der Waals surface area contributed by atoms with Crippen molar-refractivity contribution in [3.63, 3.8) is 0 Å². The van der Waals surface area contributed by atoms with Gasteiger partial charge in [0.1, 0.15) is 17.7 Å². The summed E-state index contributed by atoms with van der Waals surface area (Å²) in [5.41, 5.74) is 3.07. The number of aliphatic hydroxyl groups excluding tert-OH is 1. The molecule has 2 aromatic rings. The molecule has 0 bridgehead atoms. The number of hydrogen-bond donors (Lipinski definition) is 3. The lowest BCUT2D eigenvalue weighted by molar-refractivity contribution is -0.141. The van der Waals surface area contributed by atoms with Crippen molar-refractivity contribution in [3.8, 4) is 0 Å². The van der Waals surface area contributed by atoms with Crippen molar-refractivity contribution in [3.05, 3.63) is 63.7 Å². The van der Waals surface area contributed by atoms with Gasteiger partial charge in [0.25, 0.3) is 5.91 Å². The van der Waals surface area contributed by atoms with Gasteiger partial charge in [-0.2, -0.15) is 0 Å². The van der Waals surface area contributed by atoms with Crippen molar-refractivity contribution >= 4 is 35.2 Å². The van der Waals surface area contributed by atoms with Gasteiger partial charge in [-0.15, -0.1) is 0 Å². The predicted octanol–water partition coefficient (Wildman–Crippen LogP) is 5.85. The first-order valence-corrected chi connectivity index (χ1v) is 13.7. The van der Waals surface area contributed by atoms with Gasteiger partial charge >= 0.3 is 6.09 Å². The topological polar surface area (TPSA) is 108 Å². The average molecular weight is 560 g/mol. The molecule has 3 amide bonds. The van der Waals surface area contributed by atoms with Crippen LogP contribution in [-0.4, -0.2) is 52.7 Å². The van der Waals surface area contributed by atoms with E-state index in [1.165, 1.54) is 4.90 Å². The molecule has 2 rings (SSSR count). The highest BCUT2D eigenvalue weighted by molar-refractivity contribution is 6.34. The normalized spacial score (nSPS) is 12.8. The predicted molar refractivity (Wildman–Crippen MR) is 155 cm³/mol. The van der Waals surface area contributed by atoms with Gasteiger partial charge in [0, 0.05) is 6.54 Å². The summed E-state index contributed by atoms with van der Waals surface area (Å²) in [4.78, 5) is 41.8. The third-order valence-electron chi connectivity index (χ3n) is 6.33. The number of amides is 3. The second-order valence-corrected chi connectivity index (χ2v) is 11.2. The van der Waals surface area contributed by atoms with Crippen LogP contribution in [0, 0.1) is 20.8 Å². The van der Waals surface area contributed by atoms with Crippen LogP contribution in [0.3, 0.4) is 0 Å². The number of anilines is 1. The first kappa shape index (κ1) is 32.1. The Bertz CT molecular complexity index is 1140. The Kier molecular flexibility index (Phi) is 11.8. The molecule has 8 nitrogen and oxygen atoms in total. The monoisotopic (exact) mass is 559 g/mol. The minimum absolute atomic E-state index is 0.242. The number of rotatable bonds is 11. The maximum atomic E-state index is 14.0. The molecule has 2 atom stereocenters. The summed E-state index contributed by atoms with van der Waals surface area (Å²) in [5, 5.41) is 15.9. The SMILES string of the molecule is CCCCCN(C(=O)C(CO)NC(=O)OC(C)(C)C)C(C(=O)Nc1c(C)cccc1Cl)c1ccc(C)c(C)c1. The van der Waals surface area contributed by atoms with Gasteiger partial charge in [-0.25, -0.2) is 4.79 Å². The maximum absolute atomic E-state index is 14.0. The summed E-state index contributed by atoms with van der Waals surface area (Å²) >= 11 is 6.41. The second-order valence-electron chi connectivity index (χ2n) is 10.8. The summed E-state index contributed by atoms with van der Waals surface area (Å²) in [6.07, 6.45) is 1.54. The van der Waals surface area contributed by atoms with Crippen LogP contribution in [0.25, 0.3) is 0 Å². The molecule has 9 heteroatoms. The summed E-state index contributed by atoms with van der Waals surface area (Å²) in [6.45, 7) is 12.5. The van der Waals surface area contributed by atoms with E-state index in [0.717, 1.165) is 29.5 Å². The number of aliphatic hydroxyl groups is 1. The number of carbonyl (C=O) groups excluding carboxylic acids is 3. The molecule has 0 aromatic heterocycles. The number of carbonyl (C=O) groups is 3. The molecule has 0 heterocycles. The molecule has 2 unspecified atom stereocenters. The molecular formula is C30H42ClN3O5. The summed E-state index contributed by atoms with van der Waals surface area (Å²) in [6, 6.07) is 8.58. The standard InChI is InChI=1S/C30H42ClN3O5/c1-8-9-10-16-34(28(37)24(18-35)32-29(38)39-30(5,6)7)26(22-15-14-19(2)21(4)17-22)27(36)33-25-20(3)12-11-13-23(25)31/h11-15,17,24,26,35H,8-10,16,18H2,1-7H3,(H,32,38)(H,33,36). The lowest BCUT2D eigenvalue weighted by Gasteiger charge is -2.34. The fourth-order valence-electron chi connectivity index (χ4n) is 4.12. The van der Waals surface area contributed by atoms with Crippen LogP contribution < -0.4 is 10.6 Å². The number of para-hydroxylation sites is 1. The van der Waals surface area contributed by atoms with E-state index < -0.39 is 42.2 Å². The van der Waals surface area contributed by atoms with Crippen LogP contribution in [0.2, 0.25) is 5.02 Å². The molecule has 2 aromatic carbocycles. The number of halogens is 1. The molecule has 0 saturated carbocycles. The van der Waals surface area contributed by atoms with Crippen LogP contribution in [0.5, 0.6) is 0 Å². The van der Waals surface area contributed by atoms with E-state index in [9.17, 15) is 19.5 Å². The van der Waals surface area contributed by atoms with Gasteiger partial charge in [-0.1, -0.05) is 61.7 Å². The lowest BCUT2D eigenvalue weighted by Crippen LogP contribution is -2.54. The molecule has 214 valence electrons. The molecule has 0 radical (unpaired) electrons. The number of unbranched alkanes of at least 4 members (excludes halogenated alkanes) is 2. The number of nitrogens with one attached hydrogen (secondary N) is 2. The molecule has 0 aliphatic rings. The number of alkyl carbamates (subject to hydrolysis) is 1. The van der Waals surface area contributed by atoms with Crippen LogP contribution in [0.15, 0.2) is 36.4 Å². The van der Waals surface area contributed by atoms with Crippen molar-refractivity contribution in [2.24, 2.45) is 0 Å². The largest absolute Gasteiger partial charge is 0.444 e. The van der Waals surface area contributed by atoms with E-state index in [4.69, 9.17) is 16.3 Å². The number of ether oxygens (including phenoxy) is 1. The smallest absolute Gasteiger partial charge is 0.408 e. The molecule has 39 heavy (non-hydrogen) atoms. The molecule has 0 spiro atoms. The van der Waals surface area contributed by atoms with Gasteiger partial charge in [0.2, 0.25) is 5.91 Å². The fourth-order valence-corrected chi connectivity index (χ4v) is 4.39. The minimum atomic E-state index is -1.30. The second kappa shape index (κ2) is 14.3. The zero-order chi connectivity index (χ0) is 29.3. The van der Waals surface area contributed by atoms with E-state index in [1.54, 1.807) is 32.9 Å². The van der Waals surface area contributed by atoms with E-state index in [1.807, 2.05) is 52.0 Å². The summed E-state index contributed by atoms with van der Waals surface area (Å²) in [5.74, 6) is -1.04. The highest BCUT2D eigenvalue weighted by Gasteiger charge is 2.36. The van der Waals surface area contributed by atoms with E-state index >= 15 is 0 Å². The zero-order valence-electron chi connectivity index (χ0n) is 24.1. The van der Waals surface area contributed by atoms with Crippen LogP contribution in [-0.2, 0) is 14.3 Å². The molecule has 0 saturated heterocycles. The number of hydrogen-bond acceptors (Lipinski definition) is 5. The maximum Gasteiger partial charge on any atom is 0.408 e. The van der Waals surface area contributed by atoms with Crippen LogP contribution in [0.4, 0.5) is 10.5 Å². The fraction of sp³-hybridized carbons (Fsp3) is 0.500. The summed E-state index contributed by atoms with van der Waals surface area (Å²) < 4.78 is 5.30. The lowest BCUT2D eigenvalue weighted by atomic mass is 9.97. The van der Waals surface area contributed by atoms with Gasteiger partial charge in [0.15, 0.2) is 0 Å². The van der Waals surface area contributed by atoms with E-state index in [0.29, 0.717) is 22.7 Å². The molecule has 0 fully saturated rings. The minimum Gasteiger partial charge on any atom is -0.444 e. The van der Waals surface area contributed by atoms with Crippen molar-refractivity contribution in [2.75, 3.05) is 18.5 Å². The molecular weight excluding hydrogens is 518 g/mol. The van der Waals surface area contributed by atoms with Crippen molar-refractivity contribution in [1.29, 1.82) is 0 Å². The van der Waals surface area contributed by atoms with Crippen molar-refractivity contribution < 1.29 is 24.2 Å². The Balaban J connectivity index is 2.56. The number of benzene rings is 2. The Morgan fingerprint density at radius 3 is 2.28 bits per heavy atom. The average Bonchev–Trinajstić information content (AvgIpc) is 2.85. The van der Waals surface area contributed by atoms with Gasteiger partial charge in [-0.05, 0) is 76.3 Å². The van der Waals surface area contributed by atoms with Gasteiger partial charge in [-0.3, -0.25) is 9.59 Å². The van der Waals surface area contributed by atoms with Gasteiger partial charge in [0.05, 0.1) is 17.3 Å². The van der Waals surface area contributed by atoms with E-state index in [-0.39, 0.29) is 6.54 Å². The zero-order valence-corrected chi connectivity index (χ0v) is 24.8. The summed E-state index contributed by atoms with van der Waals surface area (Å²) in [7, 11) is 0. The van der Waals surface area contributed by atoms with Gasteiger partial charge < -0.3 is 25.4 Å². The highest BCUT2D eigenvalue weighted by Crippen LogP contribution is 2.30. The Labute approximate surface area is 237 Å². The van der Waals surface area contributed by atoms with Crippen molar-refractivity contribution in [1.82, 2.24) is 10.2 Å². The quantitative estimate of drug-likeness (QED) is 0.299.